The van der Waals surface area contributed by atoms with E-state index in [4.69, 9.17) is 5.73 Å². The normalized spacial score (nSPS) is 13.5. The quantitative estimate of drug-likeness (QED) is 0.685. The fourth-order valence-electron chi connectivity index (χ4n) is 2.67. The Bertz CT molecular complexity index is 344. The molecule has 3 N–H and O–H groups in total. The summed E-state index contributed by atoms with van der Waals surface area (Å²) < 4.78 is 0. The summed E-state index contributed by atoms with van der Waals surface area (Å²) in [5.41, 5.74) is 8.28. The molecule has 19 heavy (non-hydrogen) atoms. The zero-order valence-corrected chi connectivity index (χ0v) is 13.0. The lowest BCUT2D eigenvalue weighted by Gasteiger charge is -2.32. The number of hydrogen-bond donors (Lipinski definition) is 2. The van der Waals surface area contributed by atoms with Crippen LogP contribution in [0.1, 0.15) is 64.9 Å². The van der Waals surface area contributed by atoms with Gasteiger partial charge < -0.3 is 11.1 Å². The van der Waals surface area contributed by atoms with Crippen LogP contribution in [0.2, 0.25) is 0 Å². The van der Waals surface area contributed by atoms with Crippen LogP contribution in [0, 0.1) is 0 Å². The Morgan fingerprint density at radius 3 is 2.05 bits per heavy atom. The molecule has 0 heterocycles. The number of anilines is 1. The Morgan fingerprint density at radius 2 is 1.58 bits per heavy atom. The van der Waals surface area contributed by atoms with Crippen LogP contribution in [-0.4, -0.2) is 12.1 Å². The second kappa shape index (κ2) is 7.54. The van der Waals surface area contributed by atoms with Crippen molar-refractivity contribution in [3.8, 4) is 0 Å². The Kier molecular flexibility index (Phi) is 6.36. The molecule has 1 unspecified atom stereocenters. The minimum absolute atomic E-state index is 0.334. The van der Waals surface area contributed by atoms with Gasteiger partial charge in [0.25, 0.3) is 0 Å². The molecule has 0 radical (unpaired) electrons. The van der Waals surface area contributed by atoms with Crippen molar-refractivity contribution in [2.75, 3.05) is 12.3 Å². The van der Waals surface area contributed by atoms with Gasteiger partial charge in [0.2, 0.25) is 0 Å². The van der Waals surface area contributed by atoms with Gasteiger partial charge >= 0.3 is 0 Å². The molecule has 0 saturated carbocycles. The highest BCUT2D eigenvalue weighted by Gasteiger charge is 2.22. The van der Waals surface area contributed by atoms with Gasteiger partial charge in [-0.25, -0.2) is 0 Å². The molecule has 1 aromatic rings. The summed E-state index contributed by atoms with van der Waals surface area (Å²) in [6.45, 7) is 10.2. The van der Waals surface area contributed by atoms with Gasteiger partial charge in [0, 0.05) is 11.2 Å². The smallest absolute Gasteiger partial charge is 0.0314 e. The number of benzene rings is 1. The molecule has 0 aliphatic heterocycles. The molecule has 1 aromatic carbocycles. The fraction of sp³-hybridized carbons (Fsp3) is 0.647. The van der Waals surface area contributed by atoms with E-state index >= 15 is 0 Å². The van der Waals surface area contributed by atoms with Gasteiger partial charge in [-0.1, -0.05) is 39.8 Å². The van der Waals surface area contributed by atoms with E-state index in [9.17, 15) is 0 Å². The van der Waals surface area contributed by atoms with Crippen LogP contribution in [0.3, 0.4) is 0 Å². The first-order chi connectivity index (χ1) is 9.06. The van der Waals surface area contributed by atoms with Crippen LogP contribution in [0.5, 0.6) is 0 Å². The first-order valence-electron chi connectivity index (χ1n) is 7.67. The van der Waals surface area contributed by atoms with Crippen LogP contribution >= 0.6 is 0 Å². The second-order valence-corrected chi connectivity index (χ2v) is 5.62. The van der Waals surface area contributed by atoms with Gasteiger partial charge in [-0.3, -0.25) is 0 Å². The van der Waals surface area contributed by atoms with Crippen molar-refractivity contribution in [2.24, 2.45) is 0 Å². The highest BCUT2D eigenvalue weighted by molar-refractivity contribution is 5.40. The molecule has 2 nitrogen and oxygen atoms in total. The van der Waals surface area contributed by atoms with E-state index in [0.29, 0.717) is 11.5 Å². The van der Waals surface area contributed by atoms with E-state index in [0.717, 1.165) is 12.2 Å². The highest BCUT2D eigenvalue weighted by Crippen LogP contribution is 2.22. The first kappa shape index (κ1) is 16.0. The van der Waals surface area contributed by atoms with Crippen LogP contribution in [0.25, 0.3) is 0 Å². The molecule has 0 aliphatic carbocycles. The number of nitrogen functional groups attached to an aromatic ring is 1. The number of rotatable bonds is 8. The summed E-state index contributed by atoms with van der Waals surface area (Å²) in [6.07, 6.45) is 4.79. The molecule has 0 fully saturated rings. The van der Waals surface area contributed by atoms with E-state index < -0.39 is 0 Å². The standard InChI is InChI=1S/C17H30N2/c1-5-17(6-2,7-3)19-13-12-14(4)15-8-10-16(18)11-9-15/h8-11,14,19H,5-7,12-13,18H2,1-4H3. The van der Waals surface area contributed by atoms with E-state index in [1.807, 2.05) is 12.1 Å². The Morgan fingerprint density at radius 1 is 1.05 bits per heavy atom. The Balaban J connectivity index is 2.46. The van der Waals surface area contributed by atoms with Crippen LogP contribution < -0.4 is 11.1 Å². The molecule has 1 rings (SSSR count). The SMILES string of the molecule is CCC(CC)(CC)NCCC(C)c1ccc(N)cc1. The maximum atomic E-state index is 5.73. The molecule has 2 heteroatoms. The van der Waals surface area contributed by atoms with Gasteiger partial charge in [0.1, 0.15) is 0 Å². The molecule has 0 bridgehead atoms. The van der Waals surface area contributed by atoms with Crippen molar-refractivity contribution in [1.29, 1.82) is 0 Å². The van der Waals surface area contributed by atoms with Crippen molar-refractivity contribution in [2.45, 2.75) is 64.8 Å². The first-order valence-corrected chi connectivity index (χ1v) is 7.67. The summed E-state index contributed by atoms with van der Waals surface area (Å²) >= 11 is 0. The van der Waals surface area contributed by atoms with Gasteiger partial charge in [-0.15, -0.1) is 0 Å². The van der Waals surface area contributed by atoms with E-state index in [1.54, 1.807) is 0 Å². The third-order valence-electron chi connectivity index (χ3n) is 4.61. The molecule has 0 saturated heterocycles. The topological polar surface area (TPSA) is 38.0 Å². The molecule has 0 aliphatic rings. The minimum atomic E-state index is 0.334. The zero-order chi connectivity index (χ0) is 14.3. The predicted octanol–water partition coefficient (Wildman–Crippen LogP) is 4.32. The molecule has 0 aromatic heterocycles. The third-order valence-corrected chi connectivity index (χ3v) is 4.61. The summed E-state index contributed by atoms with van der Waals surface area (Å²) in [5, 5.41) is 3.77. The van der Waals surface area contributed by atoms with Gasteiger partial charge in [-0.05, 0) is 55.8 Å². The number of nitrogens with two attached hydrogens (primary N) is 1. The summed E-state index contributed by atoms with van der Waals surface area (Å²) in [5.74, 6) is 0.580. The average Bonchev–Trinajstić information content (AvgIpc) is 2.45. The van der Waals surface area contributed by atoms with Crippen LogP contribution in [0.15, 0.2) is 24.3 Å². The largest absolute Gasteiger partial charge is 0.399 e. The van der Waals surface area contributed by atoms with Crippen molar-refractivity contribution in [3.05, 3.63) is 29.8 Å². The molecule has 0 amide bonds. The summed E-state index contributed by atoms with van der Waals surface area (Å²) in [6, 6.07) is 8.28. The number of hydrogen-bond acceptors (Lipinski definition) is 2. The highest BCUT2D eigenvalue weighted by atomic mass is 15.0. The molecular formula is C17H30N2. The minimum Gasteiger partial charge on any atom is -0.399 e. The van der Waals surface area contributed by atoms with Crippen molar-refractivity contribution in [3.63, 3.8) is 0 Å². The summed E-state index contributed by atoms with van der Waals surface area (Å²) in [4.78, 5) is 0. The van der Waals surface area contributed by atoms with Crippen LogP contribution in [0.4, 0.5) is 5.69 Å². The lowest BCUT2D eigenvalue weighted by molar-refractivity contribution is 0.287. The average molecular weight is 262 g/mol. The molecule has 108 valence electrons. The molecular weight excluding hydrogens is 232 g/mol. The lowest BCUT2D eigenvalue weighted by Crippen LogP contribution is -2.44. The van der Waals surface area contributed by atoms with Crippen molar-refractivity contribution in [1.82, 2.24) is 5.32 Å². The Hall–Kier alpha value is -1.02. The fourth-order valence-corrected chi connectivity index (χ4v) is 2.67. The Labute approximate surface area is 118 Å². The predicted molar refractivity (Wildman–Crippen MR) is 85.5 cm³/mol. The van der Waals surface area contributed by atoms with E-state index in [1.165, 1.54) is 31.2 Å². The maximum absolute atomic E-state index is 5.73. The van der Waals surface area contributed by atoms with Gasteiger partial charge in [-0.2, -0.15) is 0 Å². The molecule has 1 atom stereocenters. The van der Waals surface area contributed by atoms with Crippen LogP contribution in [-0.2, 0) is 0 Å². The zero-order valence-electron chi connectivity index (χ0n) is 13.0. The number of nitrogens with one attached hydrogen (secondary N) is 1. The lowest BCUT2D eigenvalue weighted by atomic mass is 9.89. The van der Waals surface area contributed by atoms with Crippen molar-refractivity contribution >= 4 is 5.69 Å². The van der Waals surface area contributed by atoms with E-state index in [2.05, 4.69) is 45.1 Å². The third kappa shape index (κ3) is 4.54. The second-order valence-electron chi connectivity index (χ2n) is 5.62. The van der Waals surface area contributed by atoms with Crippen molar-refractivity contribution < 1.29 is 0 Å². The van der Waals surface area contributed by atoms with E-state index in [-0.39, 0.29) is 0 Å². The monoisotopic (exact) mass is 262 g/mol. The molecule has 0 spiro atoms. The summed E-state index contributed by atoms with van der Waals surface area (Å²) in [7, 11) is 0. The maximum Gasteiger partial charge on any atom is 0.0314 e. The van der Waals surface area contributed by atoms with Gasteiger partial charge in [0.15, 0.2) is 0 Å². The van der Waals surface area contributed by atoms with Gasteiger partial charge in [0.05, 0.1) is 0 Å².